The lowest BCUT2D eigenvalue weighted by atomic mass is 9.95. The van der Waals surface area contributed by atoms with E-state index in [1.54, 1.807) is 0 Å². The van der Waals surface area contributed by atoms with Crippen LogP contribution in [0.2, 0.25) is 0 Å². The minimum atomic E-state index is 1.26. The Hall–Kier alpha value is -4.10. The van der Waals surface area contributed by atoms with Gasteiger partial charge in [-0.15, -0.1) is 0 Å². The van der Waals surface area contributed by atoms with Gasteiger partial charge in [0, 0.05) is 21.5 Å². The first-order valence-corrected chi connectivity index (χ1v) is 11.1. The van der Waals surface area contributed by atoms with Crippen LogP contribution in [0.5, 0.6) is 0 Å². The van der Waals surface area contributed by atoms with Gasteiger partial charge in [0.05, 0.1) is 16.6 Å². The van der Waals surface area contributed by atoms with Gasteiger partial charge >= 0.3 is 0 Å². The Bertz CT molecular complexity index is 1770. The molecule has 7 aromatic rings. The molecule has 0 aliphatic rings. The molecule has 1 heteroatoms. The average molecular weight is 408 g/mol. The molecule has 32 heavy (non-hydrogen) atoms. The van der Waals surface area contributed by atoms with Crippen LogP contribution in [0.4, 0.5) is 0 Å². The fraction of sp³-hybridized carbons (Fsp3) is 0.0323. The Labute approximate surface area is 186 Å². The number of rotatable bonds is 2. The summed E-state index contributed by atoms with van der Waals surface area (Å²) in [6, 6.07) is 39.8. The second-order valence-corrected chi connectivity index (χ2v) is 8.68. The molecule has 0 amide bonds. The van der Waals surface area contributed by atoms with Crippen molar-refractivity contribution < 1.29 is 0 Å². The summed E-state index contributed by atoms with van der Waals surface area (Å²) >= 11 is 0. The van der Waals surface area contributed by atoms with Gasteiger partial charge < -0.3 is 4.40 Å². The van der Waals surface area contributed by atoms with Gasteiger partial charge in [0.1, 0.15) is 0 Å². The highest BCUT2D eigenvalue weighted by molar-refractivity contribution is 6.23. The summed E-state index contributed by atoms with van der Waals surface area (Å²) < 4.78 is 2.43. The molecule has 0 spiro atoms. The molecule has 2 aromatic heterocycles. The fourth-order valence-electron chi connectivity index (χ4n) is 5.40. The van der Waals surface area contributed by atoms with Crippen molar-refractivity contribution in [2.45, 2.75) is 6.92 Å². The maximum atomic E-state index is 2.43. The number of aryl methyl sites for hydroxylation is 1. The molecule has 7 rings (SSSR count). The van der Waals surface area contributed by atoms with Gasteiger partial charge in [0.2, 0.25) is 0 Å². The van der Waals surface area contributed by atoms with Crippen molar-refractivity contribution in [2.75, 3.05) is 0 Å². The predicted molar refractivity (Wildman–Crippen MR) is 137 cm³/mol. The third kappa shape index (κ3) is 2.34. The van der Waals surface area contributed by atoms with E-state index >= 15 is 0 Å². The van der Waals surface area contributed by atoms with Crippen molar-refractivity contribution in [3.8, 4) is 22.3 Å². The van der Waals surface area contributed by atoms with E-state index in [0.717, 1.165) is 0 Å². The van der Waals surface area contributed by atoms with Crippen LogP contribution < -0.4 is 0 Å². The monoisotopic (exact) mass is 407 g/mol. The van der Waals surface area contributed by atoms with Crippen LogP contribution in [0.1, 0.15) is 5.56 Å². The molecule has 5 aromatic carbocycles. The van der Waals surface area contributed by atoms with Crippen molar-refractivity contribution >= 4 is 38.1 Å². The van der Waals surface area contributed by atoms with Crippen LogP contribution in [0.15, 0.2) is 109 Å². The first-order chi connectivity index (χ1) is 15.8. The van der Waals surface area contributed by atoms with E-state index < -0.39 is 0 Å². The highest BCUT2D eigenvalue weighted by Gasteiger charge is 2.17. The molecule has 0 N–H and O–H groups in total. The molecule has 0 saturated carbocycles. The average Bonchev–Trinajstić information content (AvgIpc) is 3.36. The van der Waals surface area contributed by atoms with Gasteiger partial charge in [-0.25, -0.2) is 0 Å². The lowest BCUT2D eigenvalue weighted by molar-refractivity contribution is 1.37. The lowest BCUT2D eigenvalue weighted by Gasteiger charge is -2.10. The number of para-hydroxylation sites is 2. The van der Waals surface area contributed by atoms with Crippen molar-refractivity contribution in [1.29, 1.82) is 0 Å². The predicted octanol–water partition coefficient (Wildman–Crippen LogP) is 8.48. The van der Waals surface area contributed by atoms with Gasteiger partial charge in [-0.2, -0.15) is 0 Å². The number of fused-ring (bicyclic) bond motifs is 6. The summed E-state index contributed by atoms with van der Waals surface area (Å²) in [5.41, 5.74) is 10.3. The molecule has 1 nitrogen and oxygen atoms in total. The zero-order chi connectivity index (χ0) is 21.2. The van der Waals surface area contributed by atoms with Crippen molar-refractivity contribution in [2.24, 2.45) is 0 Å². The van der Waals surface area contributed by atoms with Gasteiger partial charge in [-0.3, -0.25) is 0 Å². The number of aromatic nitrogens is 1. The van der Waals surface area contributed by atoms with E-state index in [1.165, 1.54) is 65.9 Å². The van der Waals surface area contributed by atoms with Gasteiger partial charge in [-0.1, -0.05) is 91.0 Å². The molecule has 0 aliphatic carbocycles. The first-order valence-electron chi connectivity index (χ1n) is 11.1. The van der Waals surface area contributed by atoms with Crippen LogP contribution in [-0.2, 0) is 0 Å². The number of benzene rings is 5. The zero-order valence-corrected chi connectivity index (χ0v) is 17.8. The van der Waals surface area contributed by atoms with E-state index in [0.29, 0.717) is 0 Å². The Morgan fingerprint density at radius 3 is 2.00 bits per heavy atom. The largest absolute Gasteiger partial charge is 0.308 e. The number of hydrogen-bond acceptors (Lipinski definition) is 0. The molecule has 2 heterocycles. The summed E-state index contributed by atoms with van der Waals surface area (Å²) in [7, 11) is 0. The third-order valence-corrected chi connectivity index (χ3v) is 6.87. The highest BCUT2D eigenvalue weighted by Crippen LogP contribution is 2.40. The van der Waals surface area contributed by atoms with Crippen LogP contribution >= 0.6 is 0 Å². The maximum Gasteiger partial charge on any atom is 0.0620 e. The number of nitrogens with zero attached hydrogens (tertiary/aromatic N) is 1. The molecule has 0 bridgehead atoms. The Kier molecular flexibility index (Phi) is 3.54. The molecule has 0 fully saturated rings. The first kappa shape index (κ1) is 17.6. The molecule has 0 saturated heterocycles. The van der Waals surface area contributed by atoms with Crippen molar-refractivity contribution in [1.82, 2.24) is 4.40 Å². The second-order valence-electron chi connectivity index (χ2n) is 8.68. The van der Waals surface area contributed by atoms with Crippen molar-refractivity contribution in [3.05, 3.63) is 115 Å². The summed E-state index contributed by atoms with van der Waals surface area (Å²) in [4.78, 5) is 0. The van der Waals surface area contributed by atoms with Gasteiger partial charge in [0.25, 0.3) is 0 Å². The molecule has 0 atom stereocenters. The molecular weight excluding hydrogens is 386 g/mol. The summed E-state index contributed by atoms with van der Waals surface area (Å²) in [6.07, 6.45) is 0. The molecule has 0 aliphatic heterocycles. The standard InChI is InChI=1S/C31H21N/c1-20-18-22(21-8-3-2-4-9-21)14-16-24(20)23-15-17-30-28(19-23)27-12-7-11-26-25-10-5-6-13-29(25)32(30)31(26)27/h2-19H,1H3. The highest BCUT2D eigenvalue weighted by atomic mass is 14.9. The molecule has 0 radical (unpaired) electrons. The SMILES string of the molecule is Cc1cc(-c2ccccc2)ccc1-c1ccc2c(c1)c1cccc3c4ccccc4n2c31. The van der Waals surface area contributed by atoms with E-state index in [1.807, 2.05) is 0 Å². The van der Waals surface area contributed by atoms with E-state index in [-0.39, 0.29) is 0 Å². The van der Waals surface area contributed by atoms with Gasteiger partial charge in [0.15, 0.2) is 0 Å². The third-order valence-electron chi connectivity index (χ3n) is 6.87. The van der Waals surface area contributed by atoms with Gasteiger partial charge in [-0.05, 0) is 52.9 Å². The van der Waals surface area contributed by atoms with Crippen LogP contribution in [0, 0.1) is 6.92 Å². The molecule has 150 valence electrons. The van der Waals surface area contributed by atoms with Crippen LogP contribution in [0.3, 0.4) is 0 Å². The smallest absolute Gasteiger partial charge is 0.0620 e. The Morgan fingerprint density at radius 1 is 0.469 bits per heavy atom. The minimum absolute atomic E-state index is 1.26. The summed E-state index contributed by atoms with van der Waals surface area (Å²) in [5, 5.41) is 5.31. The van der Waals surface area contributed by atoms with E-state index in [2.05, 4.69) is 121 Å². The lowest BCUT2D eigenvalue weighted by Crippen LogP contribution is -1.86. The molecule has 0 unspecified atom stereocenters. The van der Waals surface area contributed by atoms with Crippen molar-refractivity contribution in [3.63, 3.8) is 0 Å². The maximum absolute atomic E-state index is 2.43. The minimum Gasteiger partial charge on any atom is -0.308 e. The second kappa shape index (κ2) is 6.45. The Morgan fingerprint density at radius 2 is 1.16 bits per heavy atom. The molecular formula is C31H21N. The zero-order valence-electron chi connectivity index (χ0n) is 17.8. The van der Waals surface area contributed by atoms with E-state index in [9.17, 15) is 0 Å². The van der Waals surface area contributed by atoms with Crippen LogP contribution in [0.25, 0.3) is 60.3 Å². The van der Waals surface area contributed by atoms with E-state index in [4.69, 9.17) is 0 Å². The number of hydrogen-bond donors (Lipinski definition) is 0. The fourth-order valence-corrected chi connectivity index (χ4v) is 5.40. The quantitative estimate of drug-likeness (QED) is 0.271. The topological polar surface area (TPSA) is 4.41 Å². The summed E-state index contributed by atoms with van der Waals surface area (Å²) in [6.45, 7) is 2.22. The summed E-state index contributed by atoms with van der Waals surface area (Å²) in [5.74, 6) is 0. The van der Waals surface area contributed by atoms with Crippen LogP contribution in [-0.4, -0.2) is 4.40 Å². The normalized spacial score (nSPS) is 11.9. The Balaban J connectivity index is 1.46.